The average molecular weight is 206 g/mol. The third-order valence-electron chi connectivity index (χ3n) is 1.36. The lowest BCUT2D eigenvalue weighted by Crippen LogP contribution is -2.71. The second kappa shape index (κ2) is 3.14. The summed E-state index contributed by atoms with van der Waals surface area (Å²) in [5.74, 6) is 0.467. The number of aromatic nitrogens is 2. The zero-order chi connectivity index (χ0) is 7.56. The van der Waals surface area contributed by atoms with Crippen molar-refractivity contribution in [1.82, 2.24) is 9.55 Å². The van der Waals surface area contributed by atoms with Crippen molar-refractivity contribution >= 4 is 21.9 Å². The first kappa shape index (κ1) is 7.71. The van der Waals surface area contributed by atoms with E-state index in [2.05, 4.69) is 20.9 Å². The highest BCUT2D eigenvalue weighted by atomic mass is 79.9. The zero-order valence-electron chi connectivity index (χ0n) is 5.54. The Morgan fingerprint density at radius 2 is 2.60 bits per heavy atom. The monoisotopic (exact) mass is 205 g/mol. The molecule has 0 atom stereocenters. The summed E-state index contributed by atoms with van der Waals surface area (Å²) in [6.45, 7) is 0. The van der Waals surface area contributed by atoms with Crippen LogP contribution in [0.1, 0.15) is 5.69 Å². The molecule has 0 aliphatic rings. The van der Waals surface area contributed by atoms with Gasteiger partial charge in [0.25, 0.3) is 0 Å². The summed E-state index contributed by atoms with van der Waals surface area (Å²) in [4.78, 5) is 3.87. The molecule has 0 aliphatic heterocycles. The van der Waals surface area contributed by atoms with Gasteiger partial charge in [0.2, 0.25) is 0 Å². The quantitative estimate of drug-likeness (QED) is 0.547. The molecule has 5 heteroatoms. The molecule has 0 aromatic carbocycles. The Kier molecular flexibility index (Phi) is 2.42. The van der Waals surface area contributed by atoms with Crippen LogP contribution in [0.25, 0.3) is 0 Å². The van der Waals surface area contributed by atoms with Crippen LogP contribution in [0.15, 0.2) is 6.20 Å². The number of imidazole rings is 1. The lowest BCUT2D eigenvalue weighted by molar-refractivity contribution is -0.507. The van der Waals surface area contributed by atoms with Gasteiger partial charge in [0.05, 0.1) is 11.9 Å². The van der Waals surface area contributed by atoms with Crippen LogP contribution in [0.2, 0.25) is 0 Å². The fraction of sp³-hybridized carbons (Fsp3) is 0.400. The number of halogens is 1. The Balaban J connectivity index is 2.97. The minimum Gasteiger partial charge on any atom is -0.628 e. The van der Waals surface area contributed by atoms with Crippen LogP contribution in [0.4, 0.5) is 5.95 Å². The Bertz CT molecular complexity index is 201. The number of quaternary nitrogens is 1. The van der Waals surface area contributed by atoms with E-state index in [9.17, 15) is 5.21 Å². The summed E-state index contributed by atoms with van der Waals surface area (Å²) in [5, 5.41) is 11.0. The molecule has 2 N–H and O–H groups in total. The van der Waals surface area contributed by atoms with Crippen molar-refractivity contribution in [3.8, 4) is 0 Å². The van der Waals surface area contributed by atoms with E-state index in [1.807, 2.05) is 7.05 Å². The maximum absolute atomic E-state index is 10.3. The van der Waals surface area contributed by atoms with Crippen molar-refractivity contribution in [2.45, 2.75) is 5.33 Å². The minimum atomic E-state index is 0.467. The molecule has 10 heavy (non-hydrogen) atoms. The third kappa shape index (κ3) is 1.21. The van der Waals surface area contributed by atoms with E-state index in [-0.39, 0.29) is 0 Å². The number of nitrogens with zero attached hydrogens (tertiary/aromatic N) is 2. The molecule has 0 amide bonds. The SMILES string of the molecule is Cn1c(CBr)cnc1[NH2+][O-]. The number of hydrogen-bond acceptors (Lipinski definition) is 2. The summed E-state index contributed by atoms with van der Waals surface area (Å²) >= 11 is 3.27. The first-order valence-electron chi connectivity index (χ1n) is 2.81. The van der Waals surface area contributed by atoms with Gasteiger partial charge < -0.3 is 10.7 Å². The highest BCUT2D eigenvalue weighted by Crippen LogP contribution is 2.06. The van der Waals surface area contributed by atoms with Crippen molar-refractivity contribution in [2.24, 2.45) is 7.05 Å². The fourth-order valence-corrected chi connectivity index (χ4v) is 1.22. The number of nitrogens with two attached hydrogens (primary N) is 1. The number of alkyl halides is 1. The summed E-state index contributed by atoms with van der Waals surface area (Å²) in [6.07, 6.45) is 1.68. The van der Waals surface area contributed by atoms with Gasteiger partial charge in [-0.2, -0.15) is 4.98 Å². The second-order valence-corrected chi connectivity index (χ2v) is 2.48. The van der Waals surface area contributed by atoms with Crippen molar-refractivity contribution in [2.75, 3.05) is 0 Å². The molecule has 1 aromatic rings. The van der Waals surface area contributed by atoms with Crippen molar-refractivity contribution in [3.05, 3.63) is 17.1 Å². The zero-order valence-corrected chi connectivity index (χ0v) is 7.13. The van der Waals surface area contributed by atoms with E-state index in [0.29, 0.717) is 5.95 Å². The van der Waals surface area contributed by atoms with Crippen LogP contribution in [0.3, 0.4) is 0 Å². The topological polar surface area (TPSA) is 57.5 Å². The van der Waals surface area contributed by atoms with Gasteiger partial charge in [-0.1, -0.05) is 15.9 Å². The number of hydrogen-bond donors (Lipinski definition) is 1. The molecule has 0 unspecified atom stereocenters. The van der Waals surface area contributed by atoms with E-state index in [1.54, 1.807) is 10.8 Å². The van der Waals surface area contributed by atoms with Crippen LogP contribution < -0.4 is 5.48 Å². The highest BCUT2D eigenvalue weighted by molar-refractivity contribution is 9.08. The van der Waals surface area contributed by atoms with Crippen LogP contribution >= 0.6 is 15.9 Å². The van der Waals surface area contributed by atoms with Gasteiger partial charge >= 0.3 is 5.95 Å². The van der Waals surface area contributed by atoms with E-state index in [0.717, 1.165) is 16.5 Å². The van der Waals surface area contributed by atoms with Gasteiger partial charge in [-0.3, -0.25) is 4.57 Å². The molecule has 0 aliphatic carbocycles. The van der Waals surface area contributed by atoms with E-state index < -0.39 is 0 Å². The van der Waals surface area contributed by atoms with Crippen LogP contribution in [-0.4, -0.2) is 9.55 Å². The smallest absolute Gasteiger partial charge is 0.305 e. The van der Waals surface area contributed by atoms with Crippen molar-refractivity contribution in [3.63, 3.8) is 0 Å². The Morgan fingerprint density at radius 1 is 1.90 bits per heavy atom. The molecular formula is C5H8BrN3O. The van der Waals surface area contributed by atoms with Crippen LogP contribution in [-0.2, 0) is 12.4 Å². The number of rotatable bonds is 2. The third-order valence-corrected chi connectivity index (χ3v) is 1.94. The Morgan fingerprint density at radius 3 is 2.90 bits per heavy atom. The van der Waals surface area contributed by atoms with Crippen molar-refractivity contribution < 1.29 is 5.48 Å². The molecular weight excluding hydrogens is 198 g/mol. The maximum Gasteiger partial charge on any atom is 0.305 e. The molecule has 0 radical (unpaired) electrons. The fourth-order valence-electron chi connectivity index (χ4n) is 0.695. The minimum absolute atomic E-state index is 0.467. The largest absolute Gasteiger partial charge is 0.628 e. The maximum atomic E-state index is 10.3. The van der Waals surface area contributed by atoms with E-state index >= 15 is 0 Å². The van der Waals surface area contributed by atoms with Gasteiger partial charge in [0.1, 0.15) is 0 Å². The average Bonchev–Trinajstić information content (AvgIpc) is 2.30. The summed E-state index contributed by atoms with van der Waals surface area (Å²) < 4.78 is 1.75. The predicted octanol–water partition coefficient (Wildman–Crippen LogP) is 0.00770. The first-order chi connectivity index (χ1) is 4.79. The van der Waals surface area contributed by atoms with Gasteiger partial charge in [0, 0.05) is 12.4 Å². The molecule has 0 spiro atoms. The van der Waals surface area contributed by atoms with E-state index in [1.165, 1.54) is 0 Å². The summed E-state index contributed by atoms with van der Waals surface area (Å²) in [7, 11) is 1.81. The molecule has 0 bridgehead atoms. The van der Waals surface area contributed by atoms with E-state index in [4.69, 9.17) is 0 Å². The van der Waals surface area contributed by atoms with Gasteiger partial charge in [-0.15, -0.1) is 0 Å². The molecule has 0 saturated heterocycles. The van der Waals surface area contributed by atoms with Gasteiger partial charge in [-0.25, -0.2) is 0 Å². The molecule has 0 saturated carbocycles. The molecule has 1 aromatic heterocycles. The van der Waals surface area contributed by atoms with Gasteiger partial charge in [-0.05, 0) is 0 Å². The predicted molar refractivity (Wildman–Crippen MR) is 40.8 cm³/mol. The van der Waals surface area contributed by atoms with Crippen LogP contribution in [0.5, 0.6) is 0 Å². The normalized spacial score (nSPS) is 10.3. The molecule has 1 heterocycles. The molecule has 0 fully saturated rings. The highest BCUT2D eigenvalue weighted by Gasteiger charge is 2.03. The molecule has 1 rings (SSSR count). The lowest BCUT2D eigenvalue weighted by Gasteiger charge is -2.01. The standard InChI is InChI=1S/C5H8BrN3O/c1-9-4(2-6)3-7-5(9)8-10/h3H,2,8H2,1H3. The Hall–Kier alpha value is -0.390. The molecule has 4 nitrogen and oxygen atoms in total. The molecule has 56 valence electrons. The second-order valence-electron chi connectivity index (χ2n) is 1.92. The summed E-state index contributed by atoms with van der Waals surface area (Å²) in [6, 6.07) is 0. The van der Waals surface area contributed by atoms with Crippen LogP contribution in [0, 0.1) is 5.21 Å². The van der Waals surface area contributed by atoms with Crippen molar-refractivity contribution in [1.29, 1.82) is 0 Å². The first-order valence-corrected chi connectivity index (χ1v) is 3.93. The Labute approximate surface area is 67.0 Å². The van der Waals surface area contributed by atoms with Gasteiger partial charge in [0.15, 0.2) is 0 Å². The lowest BCUT2D eigenvalue weighted by atomic mass is 10.5. The summed E-state index contributed by atoms with van der Waals surface area (Å²) in [5.41, 5.74) is 1.74.